The highest BCUT2D eigenvalue weighted by Crippen LogP contribution is 2.19. The van der Waals surface area contributed by atoms with Crippen LogP contribution in [0.15, 0.2) is 35.4 Å². The average molecular weight is 341 g/mol. The van der Waals surface area contributed by atoms with E-state index in [9.17, 15) is 9.59 Å². The Kier molecular flexibility index (Phi) is 4.99. The van der Waals surface area contributed by atoms with Crippen LogP contribution in [0.1, 0.15) is 27.2 Å². The van der Waals surface area contributed by atoms with Gasteiger partial charge in [-0.15, -0.1) is 0 Å². The van der Waals surface area contributed by atoms with E-state index in [1.165, 1.54) is 4.57 Å². The molecule has 3 heterocycles. The molecule has 0 saturated carbocycles. The van der Waals surface area contributed by atoms with Gasteiger partial charge in [0.15, 0.2) is 0 Å². The Bertz CT molecular complexity index is 830. The molecule has 3 rings (SSSR count). The lowest BCUT2D eigenvalue weighted by atomic mass is 9.95. The molecule has 1 saturated heterocycles. The van der Waals surface area contributed by atoms with E-state index in [4.69, 9.17) is 4.74 Å². The summed E-state index contributed by atoms with van der Waals surface area (Å²) in [5.74, 6) is -0.144. The number of hydrogen-bond acceptors (Lipinski definition) is 4. The molecular formula is C19H23N3O3. The summed E-state index contributed by atoms with van der Waals surface area (Å²) in [6.45, 7) is 4.71. The van der Waals surface area contributed by atoms with Crippen LogP contribution in [0, 0.1) is 19.8 Å². The zero-order valence-corrected chi connectivity index (χ0v) is 14.8. The molecule has 0 spiro atoms. The average Bonchev–Trinajstić information content (AvgIpc) is 3.00. The molecule has 1 fully saturated rings. The van der Waals surface area contributed by atoms with Gasteiger partial charge in [0.1, 0.15) is 5.56 Å². The zero-order chi connectivity index (χ0) is 18.0. The number of carbonyl (C=O) groups is 1. The SMILES string of the molecule is Cc1cc(C)n(C)c(=O)c1C(=O)N[C@H]1COC[C@H]1Cc1ccncc1. The van der Waals surface area contributed by atoms with E-state index >= 15 is 0 Å². The number of aryl methyl sites for hydroxylation is 2. The number of hydrogen-bond donors (Lipinski definition) is 1. The maximum Gasteiger partial charge on any atom is 0.263 e. The lowest BCUT2D eigenvalue weighted by Crippen LogP contribution is -2.43. The molecule has 1 aliphatic rings. The van der Waals surface area contributed by atoms with E-state index < -0.39 is 0 Å². The summed E-state index contributed by atoms with van der Waals surface area (Å²) in [6, 6.07) is 5.69. The van der Waals surface area contributed by atoms with Crippen LogP contribution in [0.5, 0.6) is 0 Å². The molecule has 132 valence electrons. The molecule has 0 unspecified atom stereocenters. The van der Waals surface area contributed by atoms with Gasteiger partial charge in [0.05, 0.1) is 19.3 Å². The minimum absolute atomic E-state index is 0.105. The highest BCUT2D eigenvalue weighted by molar-refractivity contribution is 5.95. The third-order valence-electron chi connectivity index (χ3n) is 4.86. The summed E-state index contributed by atoms with van der Waals surface area (Å²) in [7, 11) is 1.68. The van der Waals surface area contributed by atoms with Gasteiger partial charge in [-0.2, -0.15) is 0 Å². The van der Waals surface area contributed by atoms with E-state index in [1.807, 2.05) is 25.1 Å². The van der Waals surface area contributed by atoms with Crippen molar-refractivity contribution in [2.45, 2.75) is 26.3 Å². The summed E-state index contributed by atoms with van der Waals surface area (Å²) in [5.41, 5.74) is 2.64. The van der Waals surface area contributed by atoms with Crippen LogP contribution >= 0.6 is 0 Å². The number of carbonyl (C=O) groups excluding carboxylic acids is 1. The van der Waals surface area contributed by atoms with Gasteiger partial charge >= 0.3 is 0 Å². The number of nitrogens with zero attached hydrogens (tertiary/aromatic N) is 2. The lowest BCUT2D eigenvalue weighted by molar-refractivity contribution is 0.0922. The smallest absolute Gasteiger partial charge is 0.263 e. The summed E-state index contributed by atoms with van der Waals surface area (Å²) in [6.07, 6.45) is 4.33. The molecule has 0 radical (unpaired) electrons. The quantitative estimate of drug-likeness (QED) is 0.912. The molecule has 6 heteroatoms. The molecule has 0 aliphatic carbocycles. The van der Waals surface area contributed by atoms with E-state index in [0.717, 1.165) is 17.7 Å². The van der Waals surface area contributed by atoms with Crippen molar-refractivity contribution in [3.8, 4) is 0 Å². The van der Waals surface area contributed by atoms with Crippen molar-refractivity contribution in [2.24, 2.45) is 13.0 Å². The van der Waals surface area contributed by atoms with Crippen molar-refractivity contribution in [1.82, 2.24) is 14.9 Å². The fourth-order valence-electron chi connectivity index (χ4n) is 3.28. The minimum atomic E-state index is -0.326. The van der Waals surface area contributed by atoms with Gasteiger partial charge in [-0.1, -0.05) is 0 Å². The Morgan fingerprint density at radius 2 is 2.04 bits per heavy atom. The molecule has 1 N–H and O–H groups in total. The maximum absolute atomic E-state index is 12.7. The predicted octanol–water partition coefficient (Wildman–Crippen LogP) is 1.38. The van der Waals surface area contributed by atoms with E-state index in [0.29, 0.717) is 18.8 Å². The first kappa shape index (κ1) is 17.4. The van der Waals surface area contributed by atoms with E-state index in [1.54, 1.807) is 26.4 Å². The van der Waals surface area contributed by atoms with Gasteiger partial charge in [0, 0.05) is 31.1 Å². The fraction of sp³-hybridized carbons (Fsp3) is 0.421. The molecule has 1 amide bonds. The van der Waals surface area contributed by atoms with Gasteiger partial charge in [-0.3, -0.25) is 14.6 Å². The highest BCUT2D eigenvalue weighted by atomic mass is 16.5. The summed E-state index contributed by atoms with van der Waals surface area (Å²) < 4.78 is 7.07. The Morgan fingerprint density at radius 3 is 2.76 bits per heavy atom. The van der Waals surface area contributed by atoms with Gasteiger partial charge in [0.2, 0.25) is 0 Å². The Labute approximate surface area is 146 Å². The van der Waals surface area contributed by atoms with Gasteiger partial charge < -0.3 is 14.6 Å². The van der Waals surface area contributed by atoms with Crippen LogP contribution in [0.2, 0.25) is 0 Å². The number of pyridine rings is 2. The second kappa shape index (κ2) is 7.19. The standard InChI is InChI=1S/C19H23N3O3/c1-12-8-13(2)22(3)19(24)17(12)18(23)21-16-11-25-10-15(16)9-14-4-6-20-7-5-14/h4-8,15-16H,9-11H2,1-3H3,(H,21,23)/t15-,16+/m1/s1. The molecule has 0 aromatic carbocycles. The van der Waals surface area contributed by atoms with Crippen molar-refractivity contribution in [1.29, 1.82) is 0 Å². The van der Waals surface area contributed by atoms with Crippen molar-refractivity contribution >= 4 is 5.91 Å². The highest BCUT2D eigenvalue weighted by Gasteiger charge is 2.31. The molecule has 25 heavy (non-hydrogen) atoms. The minimum Gasteiger partial charge on any atom is -0.379 e. The number of ether oxygens (including phenoxy) is 1. The molecule has 2 atom stereocenters. The summed E-state index contributed by atoms with van der Waals surface area (Å²) >= 11 is 0. The molecule has 6 nitrogen and oxygen atoms in total. The van der Waals surface area contributed by atoms with E-state index in [-0.39, 0.29) is 29.0 Å². The molecule has 0 bridgehead atoms. The van der Waals surface area contributed by atoms with Crippen LogP contribution in [0.3, 0.4) is 0 Å². The monoisotopic (exact) mass is 341 g/mol. The number of aromatic nitrogens is 2. The first-order valence-electron chi connectivity index (χ1n) is 8.42. The van der Waals surface area contributed by atoms with Crippen LogP contribution in [0.25, 0.3) is 0 Å². The number of nitrogens with one attached hydrogen (secondary N) is 1. The molecule has 1 aliphatic heterocycles. The number of amides is 1. The van der Waals surface area contributed by atoms with Crippen molar-refractivity contribution in [3.63, 3.8) is 0 Å². The maximum atomic E-state index is 12.7. The van der Waals surface area contributed by atoms with Crippen molar-refractivity contribution < 1.29 is 9.53 Å². The van der Waals surface area contributed by atoms with Crippen LogP contribution in [-0.2, 0) is 18.2 Å². The van der Waals surface area contributed by atoms with Crippen molar-refractivity contribution in [3.05, 3.63) is 63.3 Å². The third kappa shape index (κ3) is 3.64. The van der Waals surface area contributed by atoms with Gasteiger partial charge in [-0.05, 0) is 49.6 Å². The predicted molar refractivity (Wildman–Crippen MR) is 94.7 cm³/mol. The lowest BCUT2D eigenvalue weighted by Gasteiger charge is -2.20. The zero-order valence-electron chi connectivity index (χ0n) is 14.8. The second-order valence-corrected chi connectivity index (χ2v) is 6.64. The number of rotatable bonds is 4. The Hall–Kier alpha value is -2.47. The molecule has 2 aromatic heterocycles. The fourth-order valence-corrected chi connectivity index (χ4v) is 3.28. The second-order valence-electron chi connectivity index (χ2n) is 6.64. The van der Waals surface area contributed by atoms with Gasteiger partial charge in [-0.25, -0.2) is 0 Å². The van der Waals surface area contributed by atoms with Crippen LogP contribution in [0.4, 0.5) is 0 Å². The summed E-state index contributed by atoms with van der Waals surface area (Å²) in [4.78, 5) is 29.2. The van der Waals surface area contributed by atoms with Gasteiger partial charge in [0.25, 0.3) is 11.5 Å². The Morgan fingerprint density at radius 1 is 1.32 bits per heavy atom. The molecular weight excluding hydrogens is 318 g/mol. The van der Waals surface area contributed by atoms with Crippen LogP contribution < -0.4 is 10.9 Å². The van der Waals surface area contributed by atoms with Crippen molar-refractivity contribution in [2.75, 3.05) is 13.2 Å². The first-order valence-corrected chi connectivity index (χ1v) is 8.42. The first-order chi connectivity index (χ1) is 12.0. The van der Waals surface area contributed by atoms with Crippen LogP contribution in [-0.4, -0.2) is 34.7 Å². The topological polar surface area (TPSA) is 73.2 Å². The van der Waals surface area contributed by atoms with E-state index in [2.05, 4.69) is 10.3 Å². The normalized spacial score (nSPS) is 19.8. The summed E-state index contributed by atoms with van der Waals surface area (Å²) in [5, 5.41) is 3.00. The Balaban J connectivity index is 1.76. The molecule has 2 aromatic rings. The largest absolute Gasteiger partial charge is 0.379 e. The third-order valence-corrected chi connectivity index (χ3v) is 4.86.